The topological polar surface area (TPSA) is 137 Å². The number of hydrogen-bond donors (Lipinski definition) is 5. The molecule has 1 aliphatic rings. The van der Waals surface area contributed by atoms with Crippen LogP contribution in [0.1, 0.15) is 37.8 Å². The van der Waals surface area contributed by atoms with Crippen LogP contribution < -0.4 is 4.74 Å². The van der Waals surface area contributed by atoms with E-state index in [0.717, 1.165) is 24.0 Å². The predicted octanol–water partition coefficient (Wildman–Crippen LogP) is 0.607. The summed E-state index contributed by atoms with van der Waals surface area (Å²) in [6.07, 6.45) is -4.04. The number of ether oxygens (including phenoxy) is 2. The van der Waals surface area contributed by atoms with Gasteiger partial charge in [-0.25, -0.2) is 4.79 Å². The molecule has 0 radical (unpaired) electrons. The van der Waals surface area contributed by atoms with Crippen molar-refractivity contribution in [3.63, 3.8) is 0 Å². The standard InChI is InChI=1S/C20H30O8/c1-4-5-13-6-7-16(11(2)8-13)27-20(19(25)26)9-14(22)12(3)18(28-20)17(24)15(23)10-21/h6-8,12,14-15,17-18,21-24H,4-5,9-10H2,1-3H3,(H,25,26). The number of aliphatic hydroxyl groups excluding tert-OH is 4. The monoisotopic (exact) mass is 398 g/mol. The van der Waals surface area contributed by atoms with Gasteiger partial charge in [0.15, 0.2) is 0 Å². The average molecular weight is 398 g/mol. The highest BCUT2D eigenvalue weighted by Gasteiger charge is 2.55. The van der Waals surface area contributed by atoms with E-state index < -0.39 is 48.7 Å². The Labute approximate surface area is 164 Å². The van der Waals surface area contributed by atoms with E-state index in [0.29, 0.717) is 5.75 Å². The number of aliphatic hydroxyl groups is 4. The summed E-state index contributed by atoms with van der Waals surface area (Å²) in [5.74, 6) is -4.07. The molecule has 1 heterocycles. The van der Waals surface area contributed by atoms with Gasteiger partial charge in [0.1, 0.15) is 18.0 Å². The van der Waals surface area contributed by atoms with E-state index in [1.165, 1.54) is 0 Å². The van der Waals surface area contributed by atoms with Crippen LogP contribution in [0.2, 0.25) is 0 Å². The summed E-state index contributed by atoms with van der Waals surface area (Å²) in [5, 5.41) is 49.4. The van der Waals surface area contributed by atoms with Gasteiger partial charge in [0.05, 0.1) is 25.2 Å². The van der Waals surface area contributed by atoms with Gasteiger partial charge in [-0.05, 0) is 30.5 Å². The van der Waals surface area contributed by atoms with Crippen LogP contribution in [0.3, 0.4) is 0 Å². The van der Waals surface area contributed by atoms with Gasteiger partial charge in [-0.3, -0.25) is 0 Å². The lowest BCUT2D eigenvalue weighted by atomic mass is 9.84. The van der Waals surface area contributed by atoms with Crippen molar-refractivity contribution < 1.29 is 39.8 Å². The average Bonchev–Trinajstić information content (AvgIpc) is 2.65. The summed E-state index contributed by atoms with van der Waals surface area (Å²) < 4.78 is 11.4. The van der Waals surface area contributed by atoms with Crippen molar-refractivity contribution in [3.8, 4) is 5.75 Å². The van der Waals surface area contributed by atoms with Gasteiger partial charge in [-0.2, -0.15) is 0 Å². The molecule has 158 valence electrons. The highest BCUT2D eigenvalue weighted by Crippen LogP contribution is 2.38. The molecule has 1 aromatic rings. The highest BCUT2D eigenvalue weighted by atomic mass is 16.7. The minimum atomic E-state index is -2.23. The Morgan fingerprint density at radius 1 is 1.39 bits per heavy atom. The summed E-state index contributed by atoms with van der Waals surface area (Å²) in [4.78, 5) is 12.1. The number of benzene rings is 1. The lowest BCUT2D eigenvalue weighted by molar-refractivity contribution is -0.291. The van der Waals surface area contributed by atoms with Crippen LogP contribution in [0.4, 0.5) is 0 Å². The normalized spacial score (nSPS) is 29.9. The van der Waals surface area contributed by atoms with Crippen LogP contribution in [-0.2, 0) is 16.0 Å². The van der Waals surface area contributed by atoms with Gasteiger partial charge < -0.3 is 35.0 Å². The van der Waals surface area contributed by atoms with E-state index in [4.69, 9.17) is 14.6 Å². The smallest absolute Gasteiger partial charge is 0.377 e. The van der Waals surface area contributed by atoms with Crippen molar-refractivity contribution in [1.29, 1.82) is 0 Å². The molecule has 0 aliphatic carbocycles. The molecular weight excluding hydrogens is 368 g/mol. The van der Waals surface area contributed by atoms with Gasteiger partial charge in [0.25, 0.3) is 0 Å². The first-order chi connectivity index (χ1) is 13.1. The van der Waals surface area contributed by atoms with Crippen molar-refractivity contribution in [2.45, 2.75) is 70.2 Å². The van der Waals surface area contributed by atoms with E-state index >= 15 is 0 Å². The first-order valence-electron chi connectivity index (χ1n) is 9.50. The van der Waals surface area contributed by atoms with Crippen LogP contribution in [-0.4, -0.2) is 68.3 Å². The van der Waals surface area contributed by atoms with Crippen molar-refractivity contribution in [1.82, 2.24) is 0 Å². The van der Waals surface area contributed by atoms with Gasteiger partial charge >= 0.3 is 11.8 Å². The molecule has 1 fully saturated rings. The summed E-state index contributed by atoms with van der Waals surface area (Å²) in [6.45, 7) is 4.68. The fraction of sp³-hybridized carbons (Fsp3) is 0.650. The quantitative estimate of drug-likeness (QED) is 0.430. The van der Waals surface area contributed by atoms with Gasteiger partial charge in [-0.1, -0.05) is 32.4 Å². The minimum absolute atomic E-state index is 0.292. The number of rotatable bonds is 8. The molecule has 2 rings (SSSR count). The lowest BCUT2D eigenvalue weighted by Gasteiger charge is -2.45. The Bertz CT molecular complexity index is 678. The zero-order chi connectivity index (χ0) is 21.1. The summed E-state index contributed by atoms with van der Waals surface area (Å²) >= 11 is 0. The first-order valence-corrected chi connectivity index (χ1v) is 9.50. The molecule has 1 aromatic carbocycles. The second kappa shape index (κ2) is 9.19. The number of aryl methyl sites for hydroxylation is 2. The van der Waals surface area contributed by atoms with Crippen LogP contribution in [0.25, 0.3) is 0 Å². The second-order valence-corrected chi connectivity index (χ2v) is 7.46. The molecule has 1 aliphatic heterocycles. The van der Waals surface area contributed by atoms with Crippen LogP contribution >= 0.6 is 0 Å². The molecule has 5 N–H and O–H groups in total. The van der Waals surface area contributed by atoms with Crippen molar-refractivity contribution in [3.05, 3.63) is 29.3 Å². The lowest BCUT2D eigenvalue weighted by Crippen LogP contribution is -2.62. The van der Waals surface area contributed by atoms with Crippen LogP contribution in [0.15, 0.2) is 18.2 Å². The zero-order valence-electron chi connectivity index (χ0n) is 16.4. The van der Waals surface area contributed by atoms with E-state index in [2.05, 4.69) is 6.92 Å². The third-order valence-electron chi connectivity index (χ3n) is 5.23. The highest BCUT2D eigenvalue weighted by molar-refractivity contribution is 5.76. The molecule has 1 saturated heterocycles. The molecule has 0 amide bonds. The SMILES string of the molecule is CCCc1ccc(OC2(C(=O)O)CC(O)C(C)C(C(O)C(O)CO)O2)c(C)c1. The Hall–Kier alpha value is -1.71. The molecule has 8 heteroatoms. The Morgan fingerprint density at radius 2 is 2.07 bits per heavy atom. The molecule has 28 heavy (non-hydrogen) atoms. The molecular formula is C20H30O8. The fourth-order valence-electron chi connectivity index (χ4n) is 3.46. The fourth-order valence-corrected chi connectivity index (χ4v) is 3.46. The maximum absolute atomic E-state index is 12.1. The Kier molecular flexibility index (Phi) is 7.41. The minimum Gasteiger partial charge on any atom is -0.476 e. The summed E-state index contributed by atoms with van der Waals surface area (Å²) in [6, 6.07) is 5.40. The molecule has 6 atom stereocenters. The number of hydrogen-bond acceptors (Lipinski definition) is 7. The number of carbonyl (C=O) groups is 1. The molecule has 6 unspecified atom stereocenters. The van der Waals surface area contributed by atoms with Crippen LogP contribution in [0, 0.1) is 12.8 Å². The molecule has 8 nitrogen and oxygen atoms in total. The van der Waals surface area contributed by atoms with Crippen molar-refractivity contribution >= 4 is 5.97 Å². The van der Waals surface area contributed by atoms with Gasteiger partial charge in [-0.15, -0.1) is 0 Å². The molecule has 0 bridgehead atoms. The van der Waals surface area contributed by atoms with Gasteiger partial charge in [0.2, 0.25) is 0 Å². The first kappa shape index (κ1) is 22.6. The Morgan fingerprint density at radius 3 is 2.61 bits per heavy atom. The summed E-state index contributed by atoms with van der Waals surface area (Å²) in [7, 11) is 0. The number of carboxylic acid groups (broad SMARTS) is 1. The van der Waals surface area contributed by atoms with Crippen LogP contribution in [0.5, 0.6) is 5.75 Å². The van der Waals surface area contributed by atoms with E-state index in [1.54, 1.807) is 19.9 Å². The molecule has 0 saturated carbocycles. The van der Waals surface area contributed by atoms with Crippen molar-refractivity contribution in [2.24, 2.45) is 5.92 Å². The maximum atomic E-state index is 12.1. The Balaban J connectivity index is 2.35. The number of carboxylic acids is 1. The van der Waals surface area contributed by atoms with E-state index in [-0.39, 0.29) is 6.42 Å². The van der Waals surface area contributed by atoms with E-state index in [1.807, 2.05) is 12.1 Å². The number of aliphatic carboxylic acids is 1. The third-order valence-corrected chi connectivity index (χ3v) is 5.23. The second-order valence-electron chi connectivity index (χ2n) is 7.46. The maximum Gasteiger partial charge on any atom is 0.377 e. The molecule has 0 aromatic heterocycles. The predicted molar refractivity (Wildman–Crippen MR) is 99.9 cm³/mol. The van der Waals surface area contributed by atoms with Crippen molar-refractivity contribution in [2.75, 3.05) is 6.61 Å². The van der Waals surface area contributed by atoms with Gasteiger partial charge in [0, 0.05) is 5.92 Å². The third kappa shape index (κ3) is 4.64. The zero-order valence-corrected chi connectivity index (χ0v) is 16.4. The largest absolute Gasteiger partial charge is 0.476 e. The van der Waals surface area contributed by atoms with E-state index in [9.17, 15) is 25.2 Å². The molecule has 0 spiro atoms. The summed E-state index contributed by atoms with van der Waals surface area (Å²) in [5.41, 5.74) is 1.81.